The molecule has 5 nitrogen and oxygen atoms in total. The van der Waals surface area contributed by atoms with Crippen LogP contribution in [0.2, 0.25) is 5.02 Å². The third kappa shape index (κ3) is 6.20. The van der Waals surface area contributed by atoms with Crippen LogP contribution in [0.4, 0.5) is 13.2 Å². The van der Waals surface area contributed by atoms with Crippen molar-refractivity contribution in [3.8, 4) is 5.75 Å². The Bertz CT molecular complexity index is 900. The second-order valence-corrected chi connectivity index (χ2v) is 7.02. The van der Waals surface area contributed by atoms with Crippen molar-refractivity contribution < 1.29 is 32.2 Å². The molecular weight excluding hydrogens is 411 g/mol. The van der Waals surface area contributed by atoms with Crippen LogP contribution >= 0.6 is 11.6 Å². The number of halogens is 4. The van der Waals surface area contributed by atoms with Crippen molar-refractivity contribution in [3.05, 3.63) is 64.2 Å². The fourth-order valence-electron chi connectivity index (χ4n) is 2.23. The first kappa shape index (κ1) is 22.7. The van der Waals surface area contributed by atoms with E-state index in [-0.39, 0.29) is 28.9 Å². The number of nitrogens with two attached hydrogens (primary N) is 1. The van der Waals surface area contributed by atoms with Crippen molar-refractivity contribution in [2.45, 2.75) is 32.7 Å². The number of esters is 2. The topological polar surface area (TPSA) is 78.6 Å². The first-order chi connectivity index (χ1) is 13.5. The Kier molecular flexibility index (Phi) is 7.26. The Morgan fingerprint density at radius 2 is 1.83 bits per heavy atom. The Morgan fingerprint density at radius 1 is 1.14 bits per heavy atom. The number of hydrogen-bond acceptors (Lipinski definition) is 5. The standard InChI is InChI=1S/C20H19ClF3NO4/c1-11(2)17(25)19(27)29-18(26)13-5-3-4-12(8-13)10-28-16-7-6-14(9-15(16)21)20(22,23)24/h3-9,11,17H,10,25H2,1-2H3. The number of ether oxygens (including phenoxy) is 2. The molecule has 0 radical (unpaired) electrons. The van der Waals surface area contributed by atoms with E-state index in [1.807, 2.05) is 0 Å². The van der Waals surface area contributed by atoms with Crippen LogP contribution in [0.3, 0.4) is 0 Å². The van der Waals surface area contributed by atoms with Gasteiger partial charge in [0.1, 0.15) is 18.4 Å². The molecule has 0 amide bonds. The Hall–Kier alpha value is -2.58. The van der Waals surface area contributed by atoms with Crippen LogP contribution in [-0.2, 0) is 22.3 Å². The van der Waals surface area contributed by atoms with Gasteiger partial charge in [0.2, 0.25) is 0 Å². The van der Waals surface area contributed by atoms with E-state index in [0.29, 0.717) is 5.56 Å². The highest BCUT2D eigenvalue weighted by molar-refractivity contribution is 6.32. The molecule has 0 spiro atoms. The van der Waals surface area contributed by atoms with E-state index in [2.05, 4.69) is 0 Å². The predicted molar refractivity (Wildman–Crippen MR) is 100 cm³/mol. The van der Waals surface area contributed by atoms with Crippen LogP contribution in [0.1, 0.15) is 35.3 Å². The molecule has 0 aromatic heterocycles. The van der Waals surface area contributed by atoms with Crippen LogP contribution in [0.25, 0.3) is 0 Å². The van der Waals surface area contributed by atoms with E-state index in [1.165, 1.54) is 12.1 Å². The quantitative estimate of drug-likeness (QED) is 0.536. The molecule has 2 N–H and O–H groups in total. The maximum absolute atomic E-state index is 12.7. The maximum Gasteiger partial charge on any atom is 0.416 e. The molecule has 29 heavy (non-hydrogen) atoms. The van der Waals surface area contributed by atoms with Crippen LogP contribution in [-0.4, -0.2) is 18.0 Å². The smallest absolute Gasteiger partial charge is 0.416 e. The van der Waals surface area contributed by atoms with Crippen molar-refractivity contribution in [2.75, 3.05) is 0 Å². The van der Waals surface area contributed by atoms with E-state index in [0.717, 1.165) is 18.2 Å². The molecule has 9 heteroatoms. The van der Waals surface area contributed by atoms with Crippen LogP contribution in [0.15, 0.2) is 42.5 Å². The summed E-state index contributed by atoms with van der Waals surface area (Å²) in [5.74, 6) is -1.82. The Balaban J connectivity index is 2.05. The van der Waals surface area contributed by atoms with Crippen molar-refractivity contribution >= 4 is 23.5 Å². The highest BCUT2D eigenvalue weighted by Gasteiger charge is 2.31. The minimum atomic E-state index is -4.51. The highest BCUT2D eigenvalue weighted by atomic mass is 35.5. The lowest BCUT2D eigenvalue weighted by Gasteiger charge is -2.14. The minimum absolute atomic E-state index is 0.0609. The van der Waals surface area contributed by atoms with Gasteiger partial charge in [-0.3, -0.25) is 0 Å². The van der Waals surface area contributed by atoms with Gasteiger partial charge < -0.3 is 15.2 Å². The second-order valence-electron chi connectivity index (χ2n) is 6.61. The monoisotopic (exact) mass is 429 g/mol. The zero-order chi connectivity index (χ0) is 21.8. The summed E-state index contributed by atoms with van der Waals surface area (Å²) in [6.07, 6.45) is -4.51. The van der Waals surface area contributed by atoms with Gasteiger partial charge in [0.25, 0.3) is 0 Å². The molecule has 0 heterocycles. The third-order valence-electron chi connectivity index (χ3n) is 4.00. The van der Waals surface area contributed by atoms with Gasteiger partial charge in [-0.2, -0.15) is 13.2 Å². The molecule has 2 aromatic carbocycles. The maximum atomic E-state index is 12.7. The van der Waals surface area contributed by atoms with E-state index < -0.39 is 29.7 Å². The first-order valence-electron chi connectivity index (χ1n) is 8.59. The van der Waals surface area contributed by atoms with Gasteiger partial charge in [0.05, 0.1) is 16.1 Å². The number of rotatable bonds is 6. The molecular formula is C20H19ClF3NO4. The lowest BCUT2D eigenvalue weighted by atomic mass is 10.1. The molecule has 2 rings (SSSR count). The largest absolute Gasteiger partial charge is 0.487 e. The zero-order valence-electron chi connectivity index (χ0n) is 15.6. The van der Waals surface area contributed by atoms with Crippen LogP contribution in [0.5, 0.6) is 5.75 Å². The summed E-state index contributed by atoms with van der Waals surface area (Å²) in [5, 5.41) is -0.191. The molecule has 0 aliphatic heterocycles. The summed E-state index contributed by atoms with van der Waals surface area (Å²) in [4.78, 5) is 23.9. The number of hydrogen-bond donors (Lipinski definition) is 1. The van der Waals surface area contributed by atoms with Gasteiger partial charge in [-0.25, -0.2) is 9.59 Å². The fourth-order valence-corrected chi connectivity index (χ4v) is 2.47. The lowest BCUT2D eigenvalue weighted by Crippen LogP contribution is -2.38. The van der Waals surface area contributed by atoms with Crippen molar-refractivity contribution in [1.82, 2.24) is 0 Å². The number of carbonyl (C=O) groups excluding carboxylic acids is 2. The molecule has 0 aliphatic carbocycles. The van der Waals surface area contributed by atoms with Crippen molar-refractivity contribution in [3.63, 3.8) is 0 Å². The molecule has 0 bridgehead atoms. The molecule has 1 unspecified atom stereocenters. The summed E-state index contributed by atoms with van der Waals surface area (Å²) in [7, 11) is 0. The summed E-state index contributed by atoms with van der Waals surface area (Å²) in [5.41, 5.74) is 5.39. The van der Waals surface area contributed by atoms with Gasteiger partial charge in [0.15, 0.2) is 0 Å². The number of carbonyl (C=O) groups is 2. The molecule has 0 fully saturated rings. The summed E-state index contributed by atoms with van der Waals surface area (Å²) >= 11 is 5.85. The molecule has 0 saturated heterocycles. The summed E-state index contributed by atoms with van der Waals surface area (Å²) in [6.45, 7) is 3.38. The van der Waals surface area contributed by atoms with Gasteiger partial charge >= 0.3 is 18.1 Å². The van der Waals surface area contributed by atoms with Crippen molar-refractivity contribution in [2.24, 2.45) is 11.7 Å². The van der Waals surface area contributed by atoms with Crippen molar-refractivity contribution in [1.29, 1.82) is 0 Å². The van der Waals surface area contributed by atoms with Crippen LogP contribution in [0, 0.1) is 5.92 Å². The second kappa shape index (κ2) is 9.28. The average molecular weight is 430 g/mol. The van der Waals surface area contributed by atoms with E-state index in [1.54, 1.807) is 26.0 Å². The molecule has 2 aromatic rings. The molecule has 0 aliphatic rings. The number of alkyl halides is 3. The average Bonchev–Trinajstić information content (AvgIpc) is 2.65. The van der Waals surface area contributed by atoms with Crippen LogP contribution < -0.4 is 10.5 Å². The minimum Gasteiger partial charge on any atom is -0.487 e. The molecule has 156 valence electrons. The first-order valence-corrected chi connectivity index (χ1v) is 8.97. The zero-order valence-corrected chi connectivity index (χ0v) is 16.4. The van der Waals surface area contributed by atoms with E-state index in [9.17, 15) is 22.8 Å². The normalized spacial score (nSPS) is 12.6. The fraction of sp³-hybridized carbons (Fsp3) is 0.300. The Morgan fingerprint density at radius 3 is 2.41 bits per heavy atom. The van der Waals surface area contributed by atoms with Gasteiger partial charge in [0, 0.05) is 0 Å². The SMILES string of the molecule is CC(C)C(N)C(=O)OC(=O)c1cccc(COc2ccc(C(F)(F)F)cc2Cl)c1. The highest BCUT2D eigenvalue weighted by Crippen LogP contribution is 2.34. The number of benzene rings is 2. The van der Waals surface area contributed by atoms with E-state index >= 15 is 0 Å². The van der Waals surface area contributed by atoms with E-state index in [4.69, 9.17) is 26.8 Å². The summed E-state index contributed by atoms with van der Waals surface area (Å²) < 4.78 is 48.2. The molecule has 1 atom stereocenters. The van der Waals surface area contributed by atoms with Gasteiger partial charge in [-0.1, -0.05) is 37.6 Å². The summed E-state index contributed by atoms with van der Waals surface area (Å²) in [6, 6.07) is 7.90. The third-order valence-corrected chi connectivity index (χ3v) is 4.30. The van der Waals surface area contributed by atoms with Gasteiger partial charge in [-0.05, 0) is 41.8 Å². The van der Waals surface area contributed by atoms with Gasteiger partial charge in [-0.15, -0.1) is 0 Å². The predicted octanol–water partition coefficient (Wildman–Crippen LogP) is 4.60. The Labute approximate surface area is 170 Å². The molecule has 0 saturated carbocycles. The lowest BCUT2D eigenvalue weighted by molar-refractivity contribution is -0.140.